The van der Waals surface area contributed by atoms with Gasteiger partial charge in [0.1, 0.15) is 0 Å². The van der Waals surface area contributed by atoms with Crippen LogP contribution < -0.4 is 4.90 Å². The van der Waals surface area contributed by atoms with Crippen molar-refractivity contribution < 1.29 is 19.8 Å². The van der Waals surface area contributed by atoms with Crippen LogP contribution in [-0.4, -0.2) is 22.0 Å². The predicted octanol–water partition coefficient (Wildman–Crippen LogP) is 4.79. The van der Waals surface area contributed by atoms with E-state index in [1.54, 1.807) is 48.5 Å². The van der Waals surface area contributed by atoms with E-state index in [1.165, 1.54) is 12.1 Å². The first kappa shape index (κ1) is 18.8. The van der Waals surface area contributed by atoms with E-state index in [9.17, 15) is 19.8 Å². The summed E-state index contributed by atoms with van der Waals surface area (Å²) >= 11 is 5.95. The molecule has 0 radical (unpaired) electrons. The molecule has 0 saturated carbocycles. The first-order valence-corrected chi connectivity index (χ1v) is 9.22. The molecule has 6 heteroatoms. The number of phenols is 2. The molecule has 0 atom stereocenters. The third-order valence-corrected chi connectivity index (χ3v) is 5.01. The Morgan fingerprint density at radius 3 is 2.31 bits per heavy atom. The van der Waals surface area contributed by atoms with Gasteiger partial charge in [0.25, 0.3) is 11.8 Å². The third kappa shape index (κ3) is 3.26. The maximum absolute atomic E-state index is 13.3. The minimum absolute atomic E-state index is 0.0417. The number of rotatable bonds is 2. The van der Waals surface area contributed by atoms with Crippen LogP contribution in [0, 0.1) is 6.92 Å². The number of benzene rings is 3. The number of aromatic hydroxyl groups is 2. The number of phenolic OH excluding ortho intramolecular Hbond substituents is 2. The summed E-state index contributed by atoms with van der Waals surface area (Å²) < 4.78 is 0. The number of halogens is 1. The summed E-state index contributed by atoms with van der Waals surface area (Å²) in [4.78, 5) is 27.6. The Morgan fingerprint density at radius 1 is 0.897 bits per heavy atom. The number of fused-ring (bicyclic) bond motifs is 1. The second-order valence-corrected chi connectivity index (χ2v) is 7.17. The SMILES string of the molecule is Cc1cccc(N2C(=O)/C(=C\c3cc(O)c(O)c(Cl)c3)c3ccccc3C2=O)c1. The van der Waals surface area contributed by atoms with Crippen LogP contribution in [0.15, 0.2) is 60.7 Å². The average Bonchev–Trinajstić information content (AvgIpc) is 2.69. The Kier molecular flexibility index (Phi) is 4.60. The van der Waals surface area contributed by atoms with E-state index < -0.39 is 23.3 Å². The minimum atomic E-state index is -0.483. The fraction of sp³-hybridized carbons (Fsp3) is 0.0435. The van der Waals surface area contributed by atoms with E-state index in [2.05, 4.69) is 0 Å². The molecule has 4 rings (SSSR count). The van der Waals surface area contributed by atoms with Gasteiger partial charge < -0.3 is 10.2 Å². The number of carbonyl (C=O) groups is 2. The van der Waals surface area contributed by atoms with Gasteiger partial charge in [-0.25, -0.2) is 4.90 Å². The lowest BCUT2D eigenvalue weighted by Crippen LogP contribution is -2.41. The summed E-state index contributed by atoms with van der Waals surface area (Å²) in [6.07, 6.45) is 1.54. The second kappa shape index (κ2) is 7.11. The molecular formula is C23H16ClNO4. The molecule has 5 nitrogen and oxygen atoms in total. The molecule has 1 heterocycles. The van der Waals surface area contributed by atoms with Crippen LogP contribution in [0.2, 0.25) is 5.02 Å². The Labute approximate surface area is 172 Å². The van der Waals surface area contributed by atoms with E-state index in [4.69, 9.17) is 11.6 Å². The number of amides is 2. The molecule has 29 heavy (non-hydrogen) atoms. The van der Waals surface area contributed by atoms with Crippen molar-refractivity contribution in [3.05, 3.63) is 87.9 Å². The molecule has 144 valence electrons. The minimum Gasteiger partial charge on any atom is -0.504 e. The van der Waals surface area contributed by atoms with Crippen molar-refractivity contribution in [2.75, 3.05) is 4.90 Å². The Bertz CT molecular complexity index is 1180. The zero-order valence-corrected chi connectivity index (χ0v) is 16.1. The van der Waals surface area contributed by atoms with Crippen molar-refractivity contribution in [1.82, 2.24) is 0 Å². The Morgan fingerprint density at radius 2 is 1.62 bits per heavy atom. The Balaban J connectivity index is 1.92. The van der Waals surface area contributed by atoms with E-state index in [0.717, 1.165) is 10.5 Å². The lowest BCUT2D eigenvalue weighted by atomic mass is 9.91. The number of hydrogen-bond acceptors (Lipinski definition) is 4. The van der Waals surface area contributed by atoms with Gasteiger partial charge in [-0.2, -0.15) is 0 Å². The van der Waals surface area contributed by atoms with Gasteiger partial charge in [0.05, 0.1) is 10.7 Å². The molecule has 3 aromatic carbocycles. The topological polar surface area (TPSA) is 77.8 Å². The molecule has 3 aromatic rings. The molecule has 2 amide bonds. The fourth-order valence-corrected chi connectivity index (χ4v) is 3.57. The maximum Gasteiger partial charge on any atom is 0.265 e. The lowest BCUT2D eigenvalue weighted by molar-refractivity contribution is -0.112. The van der Waals surface area contributed by atoms with Crippen LogP contribution in [0.1, 0.15) is 27.0 Å². The van der Waals surface area contributed by atoms with Crippen LogP contribution in [0.4, 0.5) is 5.69 Å². The zero-order chi connectivity index (χ0) is 20.7. The van der Waals surface area contributed by atoms with Crippen molar-refractivity contribution in [2.45, 2.75) is 6.92 Å². The quantitative estimate of drug-likeness (QED) is 0.365. The third-order valence-electron chi connectivity index (χ3n) is 4.72. The second-order valence-electron chi connectivity index (χ2n) is 6.76. The number of carbonyl (C=O) groups excluding carboxylic acids is 2. The van der Waals surface area contributed by atoms with Crippen molar-refractivity contribution in [1.29, 1.82) is 0 Å². The fourth-order valence-electron chi connectivity index (χ4n) is 3.35. The summed E-state index contributed by atoms with van der Waals surface area (Å²) in [7, 11) is 0. The van der Waals surface area contributed by atoms with Gasteiger partial charge in [-0.3, -0.25) is 9.59 Å². The molecular weight excluding hydrogens is 390 g/mol. The first-order chi connectivity index (χ1) is 13.9. The number of aryl methyl sites for hydroxylation is 1. The van der Waals surface area contributed by atoms with Gasteiger partial charge in [0.2, 0.25) is 0 Å². The molecule has 0 aliphatic carbocycles. The Hall–Kier alpha value is -3.57. The standard InChI is InChI=1S/C23H16ClNO4/c1-13-5-4-6-15(9-13)25-22(28)17-8-3-2-7-16(17)18(23(25)29)10-14-11-19(24)21(27)20(26)12-14/h2-12,26-27H,1H3/b18-10-. The summed E-state index contributed by atoms with van der Waals surface area (Å²) in [6, 6.07) is 16.7. The zero-order valence-electron chi connectivity index (χ0n) is 15.4. The normalized spacial score (nSPS) is 15.0. The maximum atomic E-state index is 13.3. The molecule has 0 aromatic heterocycles. The van der Waals surface area contributed by atoms with Crippen molar-refractivity contribution in [3.63, 3.8) is 0 Å². The van der Waals surface area contributed by atoms with Crippen molar-refractivity contribution >= 4 is 40.8 Å². The molecule has 0 unspecified atom stereocenters. The highest BCUT2D eigenvalue weighted by Gasteiger charge is 2.35. The molecule has 1 aliphatic rings. The molecule has 0 bridgehead atoms. The molecule has 1 aliphatic heterocycles. The average molecular weight is 406 g/mol. The predicted molar refractivity (Wildman–Crippen MR) is 112 cm³/mol. The van der Waals surface area contributed by atoms with Gasteiger partial charge in [0.15, 0.2) is 11.5 Å². The van der Waals surface area contributed by atoms with Crippen molar-refractivity contribution in [3.8, 4) is 11.5 Å². The summed E-state index contributed by atoms with van der Waals surface area (Å²) in [6.45, 7) is 1.88. The van der Waals surface area contributed by atoms with E-state index in [-0.39, 0.29) is 10.6 Å². The highest BCUT2D eigenvalue weighted by atomic mass is 35.5. The van der Waals surface area contributed by atoms with Crippen LogP contribution in [0.3, 0.4) is 0 Å². The molecule has 0 fully saturated rings. The van der Waals surface area contributed by atoms with Gasteiger partial charge in [-0.15, -0.1) is 0 Å². The molecule has 2 N–H and O–H groups in total. The van der Waals surface area contributed by atoms with E-state index in [0.29, 0.717) is 22.4 Å². The van der Waals surface area contributed by atoms with Crippen LogP contribution >= 0.6 is 11.6 Å². The van der Waals surface area contributed by atoms with E-state index in [1.807, 2.05) is 13.0 Å². The number of hydrogen-bond donors (Lipinski definition) is 2. The van der Waals surface area contributed by atoms with Crippen LogP contribution in [0.25, 0.3) is 11.6 Å². The van der Waals surface area contributed by atoms with Crippen LogP contribution in [-0.2, 0) is 4.79 Å². The molecule has 0 spiro atoms. The highest BCUT2D eigenvalue weighted by Crippen LogP contribution is 2.37. The first-order valence-electron chi connectivity index (χ1n) is 8.85. The monoisotopic (exact) mass is 405 g/mol. The lowest BCUT2D eigenvalue weighted by Gasteiger charge is -2.29. The van der Waals surface area contributed by atoms with Gasteiger partial charge >= 0.3 is 0 Å². The number of anilines is 1. The van der Waals surface area contributed by atoms with E-state index >= 15 is 0 Å². The molecule has 0 saturated heterocycles. The van der Waals surface area contributed by atoms with Crippen LogP contribution in [0.5, 0.6) is 11.5 Å². The highest BCUT2D eigenvalue weighted by molar-refractivity contribution is 6.43. The van der Waals surface area contributed by atoms with Crippen molar-refractivity contribution in [2.24, 2.45) is 0 Å². The van der Waals surface area contributed by atoms with Gasteiger partial charge in [-0.1, -0.05) is 41.9 Å². The van der Waals surface area contributed by atoms with Gasteiger partial charge in [0, 0.05) is 11.1 Å². The summed E-state index contributed by atoms with van der Waals surface area (Å²) in [5.74, 6) is -1.71. The number of nitrogens with zero attached hydrogens (tertiary/aromatic N) is 1. The summed E-state index contributed by atoms with van der Waals surface area (Å²) in [5.41, 5.74) is 2.99. The summed E-state index contributed by atoms with van der Waals surface area (Å²) in [5, 5.41) is 19.5. The van der Waals surface area contributed by atoms with Gasteiger partial charge in [-0.05, 0) is 60.0 Å². The smallest absolute Gasteiger partial charge is 0.265 e. The number of imide groups is 1. The largest absolute Gasteiger partial charge is 0.504 e.